The highest BCUT2D eigenvalue weighted by Gasteiger charge is 2.39. The number of carbonyl (C=O) groups is 3. The minimum atomic E-state index is -0.626. The van der Waals surface area contributed by atoms with Gasteiger partial charge in [0.2, 0.25) is 11.8 Å². The molecular weight excluding hydrogens is 352 g/mol. The number of anilines is 1. The van der Waals surface area contributed by atoms with Crippen LogP contribution in [-0.4, -0.2) is 23.8 Å². The topological polar surface area (TPSA) is 66.5 Å². The van der Waals surface area contributed by atoms with E-state index in [9.17, 15) is 14.4 Å². The van der Waals surface area contributed by atoms with Crippen LogP contribution in [0.4, 0.5) is 5.69 Å². The molecule has 1 aromatic carbocycles. The highest BCUT2D eigenvalue weighted by molar-refractivity contribution is 6.27. The summed E-state index contributed by atoms with van der Waals surface area (Å²) in [5, 5.41) is 4.44. The van der Waals surface area contributed by atoms with Crippen LogP contribution < -0.4 is 20.7 Å². The first-order valence-electron chi connectivity index (χ1n) is 10.4. The molecule has 0 radical (unpaired) electrons. The predicted molar refractivity (Wildman–Crippen MR) is 111 cm³/mol. The molecule has 0 saturated carbocycles. The van der Waals surface area contributed by atoms with E-state index in [1.807, 2.05) is 19.9 Å². The average Bonchev–Trinajstić information content (AvgIpc) is 2.92. The van der Waals surface area contributed by atoms with Gasteiger partial charge in [0.25, 0.3) is 5.91 Å². The number of rotatable bonds is 6. The molecule has 28 heavy (non-hydrogen) atoms. The van der Waals surface area contributed by atoms with Crippen molar-refractivity contribution in [1.82, 2.24) is 5.32 Å². The summed E-state index contributed by atoms with van der Waals surface area (Å²) in [6.45, 7) is 8.27. The zero-order chi connectivity index (χ0) is 20.4. The van der Waals surface area contributed by atoms with Crippen molar-refractivity contribution in [2.45, 2.75) is 78.2 Å². The Hall–Kier alpha value is -2.43. The fourth-order valence-corrected chi connectivity index (χ4v) is 4.67. The van der Waals surface area contributed by atoms with Crippen molar-refractivity contribution in [3.05, 3.63) is 28.1 Å². The maximum Gasteiger partial charge on any atom is 0.255 e. The quantitative estimate of drug-likeness (QED) is 0.769. The number of hydrogen-bond donors (Lipinski definition) is 1. The van der Waals surface area contributed by atoms with Crippen LogP contribution in [0.15, 0.2) is 12.1 Å². The standard InChI is InChI=1S/C23H30N2O3/c1-5-8-15(9-6-2)17-10-11-18-21(16(17)7-3)14(4)23(28)25(18)19-12-13-20(26)24-22(19)27/h7,10-11,15,19H,5-6,8-9,12-13H2,1-4H3,(H,24,26,27)/b16-7-. The molecule has 1 atom stereocenters. The van der Waals surface area contributed by atoms with E-state index >= 15 is 0 Å². The van der Waals surface area contributed by atoms with Gasteiger partial charge in [0.05, 0.1) is 5.69 Å². The van der Waals surface area contributed by atoms with Crippen molar-refractivity contribution in [2.75, 3.05) is 4.90 Å². The van der Waals surface area contributed by atoms with Gasteiger partial charge in [0.15, 0.2) is 0 Å². The van der Waals surface area contributed by atoms with Crippen LogP contribution >= 0.6 is 0 Å². The lowest BCUT2D eigenvalue weighted by atomic mass is 9.88. The van der Waals surface area contributed by atoms with Crippen molar-refractivity contribution in [3.8, 4) is 0 Å². The van der Waals surface area contributed by atoms with Crippen molar-refractivity contribution in [3.63, 3.8) is 0 Å². The molecule has 0 spiro atoms. The van der Waals surface area contributed by atoms with Gasteiger partial charge in [-0.05, 0) is 55.9 Å². The first-order valence-corrected chi connectivity index (χ1v) is 10.4. The molecule has 1 unspecified atom stereocenters. The van der Waals surface area contributed by atoms with Crippen LogP contribution in [0.5, 0.6) is 0 Å². The Morgan fingerprint density at radius 2 is 1.86 bits per heavy atom. The van der Waals surface area contributed by atoms with Crippen LogP contribution in [0.2, 0.25) is 0 Å². The minimum absolute atomic E-state index is 0.132. The summed E-state index contributed by atoms with van der Waals surface area (Å²) in [4.78, 5) is 38.6. The second-order valence-electron chi connectivity index (χ2n) is 7.79. The van der Waals surface area contributed by atoms with Gasteiger partial charge in [-0.2, -0.15) is 0 Å². The molecule has 5 heteroatoms. The normalized spacial score (nSPS) is 20.2. The SMILES string of the molecule is C/C=c1/c(C(CCC)CCC)ccc2c1=C(C)C(=O)N2C1CCC(=O)NC1=O. The van der Waals surface area contributed by atoms with Crippen LogP contribution in [-0.2, 0) is 14.4 Å². The Kier molecular flexibility index (Phi) is 6.01. The lowest BCUT2D eigenvalue weighted by Gasteiger charge is -2.30. The van der Waals surface area contributed by atoms with Gasteiger partial charge in [-0.3, -0.25) is 24.6 Å². The summed E-state index contributed by atoms with van der Waals surface area (Å²) in [6, 6.07) is 3.50. The van der Waals surface area contributed by atoms with Gasteiger partial charge >= 0.3 is 0 Å². The molecule has 150 valence electrons. The van der Waals surface area contributed by atoms with Crippen LogP contribution in [0.3, 0.4) is 0 Å². The fourth-order valence-electron chi connectivity index (χ4n) is 4.67. The van der Waals surface area contributed by atoms with Gasteiger partial charge in [-0.25, -0.2) is 0 Å². The number of fused-ring (bicyclic) bond motifs is 1. The maximum atomic E-state index is 13.1. The van der Waals surface area contributed by atoms with E-state index in [4.69, 9.17) is 0 Å². The molecule has 5 nitrogen and oxygen atoms in total. The largest absolute Gasteiger partial charge is 0.295 e. The molecule has 2 aliphatic heterocycles. The van der Waals surface area contributed by atoms with Gasteiger partial charge in [-0.1, -0.05) is 38.8 Å². The maximum absolute atomic E-state index is 13.1. The summed E-state index contributed by atoms with van der Waals surface area (Å²) in [7, 11) is 0. The number of nitrogens with one attached hydrogen (secondary N) is 1. The lowest BCUT2D eigenvalue weighted by Crippen LogP contribution is -2.54. The highest BCUT2D eigenvalue weighted by atomic mass is 16.2. The number of hydrogen-bond acceptors (Lipinski definition) is 3. The molecule has 0 bridgehead atoms. The van der Waals surface area contributed by atoms with Crippen molar-refractivity contribution >= 4 is 35.1 Å². The van der Waals surface area contributed by atoms with Gasteiger partial charge in [0.1, 0.15) is 6.04 Å². The third-order valence-corrected chi connectivity index (χ3v) is 5.96. The molecule has 2 heterocycles. The highest BCUT2D eigenvalue weighted by Crippen LogP contribution is 2.29. The summed E-state index contributed by atoms with van der Waals surface area (Å²) in [5.74, 6) is -0.314. The Balaban J connectivity index is 2.13. The zero-order valence-electron chi connectivity index (χ0n) is 17.3. The average molecular weight is 383 g/mol. The molecule has 1 aromatic rings. The van der Waals surface area contributed by atoms with Crippen LogP contribution in [0.1, 0.15) is 77.7 Å². The molecule has 1 N–H and O–H groups in total. The number of imide groups is 1. The summed E-state index contributed by atoms with van der Waals surface area (Å²) in [6.07, 6.45) is 7.20. The Labute approximate surface area is 166 Å². The fraction of sp³-hybridized carbons (Fsp3) is 0.522. The van der Waals surface area contributed by atoms with Gasteiger partial charge in [-0.15, -0.1) is 0 Å². The number of piperidine rings is 1. The van der Waals surface area contributed by atoms with Crippen molar-refractivity contribution in [2.24, 2.45) is 0 Å². The Bertz CT molecular complexity index is 926. The summed E-state index contributed by atoms with van der Waals surface area (Å²) in [5.41, 5.74) is 2.77. The van der Waals surface area contributed by atoms with E-state index in [2.05, 4.69) is 31.3 Å². The number of amides is 3. The molecule has 3 amide bonds. The van der Waals surface area contributed by atoms with E-state index in [0.29, 0.717) is 17.9 Å². The lowest BCUT2D eigenvalue weighted by molar-refractivity contribution is -0.135. The minimum Gasteiger partial charge on any atom is -0.295 e. The number of carbonyl (C=O) groups excluding carboxylic acids is 3. The molecule has 1 saturated heterocycles. The summed E-state index contributed by atoms with van der Waals surface area (Å²) >= 11 is 0. The third kappa shape index (κ3) is 3.38. The van der Waals surface area contributed by atoms with Crippen LogP contribution in [0.25, 0.3) is 11.6 Å². The van der Waals surface area contributed by atoms with E-state index in [1.165, 1.54) is 5.56 Å². The number of nitrogens with zero attached hydrogens (tertiary/aromatic N) is 1. The number of benzene rings is 1. The smallest absolute Gasteiger partial charge is 0.255 e. The first-order chi connectivity index (χ1) is 13.4. The van der Waals surface area contributed by atoms with Crippen LogP contribution in [0, 0.1) is 0 Å². The van der Waals surface area contributed by atoms with Gasteiger partial charge in [0, 0.05) is 17.2 Å². The van der Waals surface area contributed by atoms with E-state index in [1.54, 1.807) is 4.90 Å². The molecule has 0 aliphatic carbocycles. The molecule has 3 rings (SSSR count). The molecule has 1 fully saturated rings. The van der Waals surface area contributed by atoms with Crippen molar-refractivity contribution in [1.29, 1.82) is 0 Å². The molecular formula is C23H30N2O3. The first kappa shape index (κ1) is 20.3. The van der Waals surface area contributed by atoms with E-state index in [0.717, 1.165) is 41.8 Å². The summed E-state index contributed by atoms with van der Waals surface area (Å²) < 4.78 is 0. The predicted octanol–water partition coefficient (Wildman–Crippen LogP) is 2.49. The second kappa shape index (κ2) is 8.29. The van der Waals surface area contributed by atoms with Gasteiger partial charge < -0.3 is 0 Å². The monoisotopic (exact) mass is 382 g/mol. The zero-order valence-corrected chi connectivity index (χ0v) is 17.3. The Morgan fingerprint density at radius 3 is 2.43 bits per heavy atom. The third-order valence-electron chi connectivity index (χ3n) is 5.96. The molecule has 0 aromatic heterocycles. The van der Waals surface area contributed by atoms with Crippen molar-refractivity contribution < 1.29 is 14.4 Å². The molecule has 2 aliphatic rings. The Morgan fingerprint density at radius 1 is 1.18 bits per heavy atom. The second-order valence-corrected chi connectivity index (χ2v) is 7.79. The van der Waals surface area contributed by atoms with E-state index < -0.39 is 6.04 Å². The van der Waals surface area contributed by atoms with E-state index in [-0.39, 0.29) is 24.1 Å².